The number of carbonyl (C=O) groups excluding carboxylic acids is 1. The van der Waals surface area contributed by atoms with Crippen molar-refractivity contribution in [1.82, 2.24) is 9.97 Å². The van der Waals surface area contributed by atoms with Crippen molar-refractivity contribution in [3.8, 4) is 11.5 Å². The number of para-hydroxylation sites is 1. The number of nitrogens with zero attached hydrogens (tertiary/aromatic N) is 2. The molecular weight excluding hydrogens is 489 g/mol. The molecule has 5 rings (SSSR count). The average Bonchev–Trinajstić information content (AvgIpc) is 3.21. The molecule has 0 spiro atoms. The van der Waals surface area contributed by atoms with E-state index in [-0.39, 0.29) is 16.6 Å². The number of hydrogen-bond acceptors (Lipinski definition) is 7. The Kier molecular flexibility index (Phi) is 6.17. The molecule has 0 unspecified atom stereocenters. The van der Waals surface area contributed by atoms with E-state index in [1.54, 1.807) is 24.3 Å². The first-order valence-corrected chi connectivity index (χ1v) is 11.6. The maximum atomic E-state index is 13.5. The predicted molar refractivity (Wildman–Crippen MR) is 137 cm³/mol. The van der Waals surface area contributed by atoms with Crippen molar-refractivity contribution in [1.29, 1.82) is 0 Å². The summed E-state index contributed by atoms with van der Waals surface area (Å²) in [5.41, 5.74) is 7.67. The highest BCUT2D eigenvalue weighted by molar-refractivity contribution is 7.21. The van der Waals surface area contributed by atoms with Gasteiger partial charge in [0.25, 0.3) is 5.91 Å². The molecule has 5 aromatic rings. The van der Waals surface area contributed by atoms with Crippen LogP contribution in [-0.2, 0) is 0 Å². The Morgan fingerprint density at radius 3 is 2.43 bits per heavy atom. The summed E-state index contributed by atoms with van der Waals surface area (Å²) in [6.45, 7) is 0. The van der Waals surface area contributed by atoms with Gasteiger partial charge in [-0.1, -0.05) is 29.8 Å². The van der Waals surface area contributed by atoms with Crippen molar-refractivity contribution in [2.45, 2.75) is 0 Å². The van der Waals surface area contributed by atoms with Crippen LogP contribution in [0.5, 0.6) is 11.5 Å². The molecule has 0 saturated carbocycles. The summed E-state index contributed by atoms with van der Waals surface area (Å²) >= 11 is 7.02. The van der Waals surface area contributed by atoms with Gasteiger partial charge < -0.3 is 21.1 Å². The summed E-state index contributed by atoms with van der Waals surface area (Å²) < 4.78 is 19.3. The van der Waals surface area contributed by atoms with E-state index in [0.717, 1.165) is 17.1 Å². The van der Waals surface area contributed by atoms with E-state index in [0.29, 0.717) is 38.0 Å². The molecule has 2 aromatic heterocycles. The van der Waals surface area contributed by atoms with Gasteiger partial charge in [0, 0.05) is 11.4 Å². The summed E-state index contributed by atoms with van der Waals surface area (Å²) in [4.78, 5) is 22.3. The molecule has 35 heavy (non-hydrogen) atoms. The third-order valence-corrected chi connectivity index (χ3v) is 6.41. The second kappa shape index (κ2) is 9.57. The normalized spacial score (nSPS) is 10.8. The van der Waals surface area contributed by atoms with Crippen LogP contribution in [0, 0.1) is 5.82 Å². The smallest absolute Gasteiger partial charge is 0.267 e. The molecular formula is C25H17ClFN5O2S. The predicted octanol–water partition coefficient (Wildman–Crippen LogP) is 6.85. The average molecular weight is 506 g/mol. The molecule has 7 nitrogen and oxygen atoms in total. The van der Waals surface area contributed by atoms with Crippen molar-refractivity contribution in [3.63, 3.8) is 0 Å². The SMILES string of the molecule is Nc1c(C(=O)Nc2ccc(Oc3ccccc3)cc2)sc2ncnc(Nc3ccc(F)c(Cl)c3)c12. The number of amides is 1. The number of nitrogens with two attached hydrogens (primary N) is 1. The Bertz CT molecular complexity index is 1530. The largest absolute Gasteiger partial charge is 0.457 e. The second-order valence-corrected chi connectivity index (χ2v) is 8.80. The summed E-state index contributed by atoms with van der Waals surface area (Å²) in [6.07, 6.45) is 1.36. The zero-order valence-corrected chi connectivity index (χ0v) is 19.5. The molecule has 0 aliphatic heterocycles. The molecule has 174 valence electrons. The van der Waals surface area contributed by atoms with Crippen LogP contribution < -0.4 is 21.1 Å². The van der Waals surface area contributed by atoms with Crippen LogP contribution in [0.1, 0.15) is 9.67 Å². The molecule has 2 heterocycles. The van der Waals surface area contributed by atoms with Crippen LogP contribution in [0.3, 0.4) is 0 Å². The highest BCUT2D eigenvalue weighted by Gasteiger charge is 2.21. The summed E-state index contributed by atoms with van der Waals surface area (Å²) in [5, 5.41) is 6.37. The molecule has 0 saturated heterocycles. The van der Waals surface area contributed by atoms with Gasteiger partial charge in [0.15, 0.2) is 0 Å². The van der Waals surface area contributed by atoms with Crippen LogP contribution in [0.2, 0.25) is 5.02 Å². The zero-order valence-electron chi connectivity index (χ0n) is 18.0. The molecule has 4 N–H and O–H groups in total. The van der Waals surface area contributed by atoms with Gasteiger partial charge in [-0.05, 0) is 54.6 Å². The number of nitrogens with one attached hydrogen (secondary N) is 2. The molecule has 0 aliphatic carbocycles. The topological polar surface area (TPSA) is 102 Å². The fraction of sp³-hybridized carbons (Fsp3) is 0. The van der Waals surface area contributed by atoms with E-state index < -0.39 is 5.82 Å². The van der Waals surface area contributed by atoms with Crippen LogP contribution in [0.4, 0.5) is 27.3 Å². The van der Waals surface area contributed by atoms with Crippen molar-refractivity contribution in [2.75, 3.05) is 16.4 Å². The number of anilines is 4. The van der Waals surface area contributed by atoms with Crippen LogP contribution in [0.15, 0.2) is 79.1 Å². The number of thiophene rings is 1. The highest BCUT2D eigenvalue weighted by Crippen LogP contribution is 2.37. The van der Waals surface area contributed by atoms with Crippen LogP contribution >= 0.6 is 22.9 Å². The maximum absolute atomic E-state index is 13.5. The van der Waals surface area contributed by atoms with E-state index in [1.165, 1.54) is 24.5 Å². The molecule has 10 heteroatoms. The minimum absolute atomic E-state index is 0.0288. The van der Waals surface area contributed by atoms with Gasteiger partial charge in [0.05, 0.1) is 16.1 Å². The van der Waals surface area contributed by atoms with Gasteiger partial charge in [-0.25, -0.2) is 14.4 Å². The van der Waals surface area contributed by atoms with Gasteiger partial charge >= 0.3 is 0 Å². The van der Waals surface area contributed by atoms with Gasteiger partial charge in [0.2, 0.25) is 0 Å². The van der Waals surface area contributed by atoms with Crippen LogP contribution in [-0.4, -0.2) is 15.9 Å². The summed E-state index contributed by atoms with van der Waals surface area (Å²) in [5.74, 6) is 0.836. The fourth-order valence-electron chi connectivity index (χ4n) is 3.35. The maximum Gasteiger partial charge on any atom is 0.267 e. The monoisotopic (exact) mass is 505 g/mol. The lowest BCUT2D eigenvalue weighted by molar-refractivity contribution is 0.103. The quantitative estimate of drug-likeness (QED) is 0.233. The number of halogens is 2. The Labute approximate surface area is 208 Å². The lowest BCUT2D eigenvalue weighted by Gasteiger charge is -2.09. The summed E-state index contributed by atoms with van der Waals surface area (Å²) in [7, 11) is 0. The number of fused-ring (bicyclic) bond motifs is 1. The lowest BCUT2D eigenvalue weighted by atomic mass is 10.2. The summed E-state index contributed by atoms with van der Waals surface area (Å²) in [6, 6.07) is 20.6. The fourth-order valence-corrected chi connectivity index (χ4v) is 4.49. The Morgan fingerprint density at radius 1 is 0.971 bits per heavy atom. The zero-order chi connectivity index (χ0) is 24.4. The number of benzene rings is 3. The molecule has 1 amide bonds. The number of rotatable bonds is 6. The molecule has 0 atom stereocenters. The first kappa shape index (κ1) is 22.6. The first-order chi connectivity index (χ1) is 17.0. The number of carbonyl (C=O) groups is 1. The van der Waals surface area contributed by atoms with Crippen molar-refractivity contribution in [3.05, 3.63) is 94.8 Å². The molecule has 0 aliphatic rings. The van der Waals surface area contributed by atoms with E-state index in [2.05, 4.69) is 20.6 Å². The van der Waals surface area contributed by atoms with Gasteiger partial charge in [-0.15, -0.1) is 11.3 Å². The first-order valence-electron chi connectivity index (χ1n) is 10.4. The van der Waals surface area contributed by atoms with E-state index in [1.807, 2.05) is 30.3 Å². The molecule has 0 radical (unpaired) electrons. The lowest BCUT2D eigenvalue weighted by Crippen LogP contribution is -2.12. The van der Waals surface area contributed by atoms with Gasteiger partial charge in [0.1, 0.15) is 39.2 Å². The molecule has 0 bridgehead atoms. The number of aromatic nitrogens is 2. The van der Waals surface area contributed by atoms with Crippen molar-refractivity contribution < 1.29 is 13.9 Å². The minimum Gasteiger partial charge on any atom is -0.457 e. The van der Waals surface area contributed by atoms with E-state index in [4.69, 9.17) is 22.1 Å². The third-order valence-electron chi connectivity index (χ3n) is 5.00. The number of hydrogen-bond donors (Lipinski definition) is 3. The van der Waals surface area contributed by atoms with Crippen LogP contribution in [0.25, 0.3) is 10.2 Å². The van der Waals surface area contributed by atoms with E-state index >= 15 is 0 Å². The van der Waals surface area contributed by atoms with E-state index in [9.17, 15) is 9.18 Å². The standard InChI is InChI=1S/C25H17ClFN5O2S/c26-18-12-15(8-11-19(18)27)31-23-20-21(28)22(35-25(20)30-13-29-23)24(33)32-14-6-9-17(10-7-14)34-16-4-2-1-3-5-16/h1-13H,28H2,(H,32,33)(H,29,30,31). The number of nitrogen functional groups attached to an aromatic ring is 1. The molecule has 3 aromatic carbocycles. The highest BCUT2D eigenvalue weighted by atomic mass is 35.5. The Hall–Kier alpha value is -4.21. The Balaban J connectivity index is 1.36. The van der Waals surface area contributed by atoms with Gasteiger partial charge in [-0.2, -0.15) is 0 Å². The Morgan fingerprint density at radius 2 is 1.69 bits per heavy atom. The third kappa shape index (κ3) is 4.86. The van der Waals surface area contributed by atoms with Gasteiger partial charge in [-0.3, -0.25) is 4.79 Å². The minimum atomic E-state index is -0.529. The molecule has 0 fully saturated rings. The van der Waals surface area contributed by atoms with Crippen molar-refractivity contribution in [2.24, 2.45) is 0 Å². The van der Waals surface area contributed by atoms with Crippen molar-refractivity contribution >= 4 is 61.9 Å². The number of ether oxygens (including phenoxy) is 1. The second-order valence-electron chi connectivity index (χ2n) is 7.39.